The van der Waals surface area contributed by atoms with Gasteiger partial charge < -0.3 is 15.0 Å². The predicted octanol–water partition coefficient (Wildman–Crippen LogP) is 4.02. The number of hydrogen-bond donors (Lipinski definition) is 1. The third kappa shape index (κ3) is 5.70. The van der Waals surface area contributed by atoms with Crippen LogP contribution in [0.4, 0.5) is 5.69 Å². The number of nitrogens with zero attached hydrogens (tertiary/aromatic N) is 3. The molecule has 1 aromatic heterocycles. The fourth-order valence-electron chi connectivity index (χ4n) is 3.27. The lowest BCUT2D eigenvalue weighted by molar-refractivity contribution is -0.132. The Balaban J connectivity index is 1.61. The monoisotopic (exact) mass is 452 g/mol. The maximum atomic E-state index is 12.9. The van der Waals surface area contributed by atoms with E-state index >= 15 is 0 Å². The Bertz CT molecular complexity index is 1070. The molecule has 0 bridgehead atoms. The van der Waals surface area contributed by atoms with E-state index in [0.717, 1.165) is 29.1 Å². The number of amides is 2. The molecule has 0 aliphatic heterocycles. The van der Waals surface area contributed by atoms with Crippen LogP contribution in [0.25, 0.3) is 5.69 Å². The van der Waals surface area contributed by atoms with Crippen molar-refractivity contribution < 1.29 is 14.3 Å². The summed E-state index contributed by atoms with van der Waals surface area (Å²) in [5.74, 6) is 0.407. The minimum atomic E-state index is -0.407. The molecule has 1 N–H and O–H groups in total. The van der Waals surface area contributed by atoms with Crippen molar-refractivity contribution in [1.82, 2.24) is 14.5 Å². The normalized spacial score (nSPS) is 11.6. The topological polar surface area (TPSA) is 76.5 Å². The van der Waals surface area contributed by atoms with Crippen LogP contribution in [0.5, 0.6) is 5.75 Å². The van der Waals surface area contributed by atoms with Crippen molar-refractivity contribution >= 4 is 29.3 Å². The van der Waals surface area contributed by atoms with Gasteiger partial charge in [-0.2, -0.15) is 0 Å². The first-order valence-corrected chi connectivity index (χ1v) is 11.3. The van der Waals surface area contributed by atoms with Gasteiger partial charge in [0.25, 0.3) is 0 Å². The number of nitrogens with one attached hydrogen (secondary N) is 1. The van der Waals surface area contributed by atoms with Crippen molar-refractivity contribution in [2.24, 2.45) is 0 Å². The number of thioether (sulfide) groups is 1. The third-order valence-electron chi connectivity index (χ3n) is 5.02. The van der Waals surface area contributed by atoms with Gasteiger partial charge in [-0.25, -0.2) is 4.98 Å². The second kappa shape index (κ2) is 10.9. The molecule has 1 unspecified atom stereocenters. The number of anilines is 1. The number of likely N-dealkylation sites (N-methyl/N-ethyl adjacent to an activating group) is 1. The molecular formula is C24H28N4O3S. The van der Waals surface area contributed by atoms with Gasteiger partial charge in [0.2, 0.25) is 11.8 Å². The number of carbonyl (C=O) groups is 2. The van der Waals surface area contributed by atoms with Crippen LogP contribution in [0.15, 0.2) is 66.1 Å². The third-order valence-corrected chi connectivity index (χ3v) is 6.08. The minimum Gasteiger partial charge on any atom is -0.497 e. The maximum Gasteiger partial charge on any atom is 0.243 e. The van der Waals surface area contributed by atoms with E-state index in [2.05, 4.69) is 10.3 Å². The molecule has 2 amide bonds. The zero-order valence-electron chi connectivity index (χ0n) is 18.7. The van der Waals surface area contributed by atoms with Crippen LogP contribution in [0, 0.1) is 0 Å². The number of aromatic nitrogens is 2. The first-order chi connectivity index (χ1) is 15.4. The smallest absolute Gasteiger partial charge is 0.243 e. The van der Waals surface area contributed by atoms with Gasteiger partial charge in [-0.3, -0.25) is 14.2 Å². The van der Waals surface area contributed by atoms with Crippen molar-refractivity contribution in [1.29, 1.82) is 0 Å². The average Bonchev–Trinajstić information content (AvgIpc) is 3.26. The SMILES string of the molecule is CCc1ccccc1NC(=O)CN(C)C(=O)C(C)Sc1nccn1-c1ccc(OC)cc1. The summed E-state index contributed by atoms with van der Waals surface area (Å²) in [6.07, 6.45) is 4.37. The zero-order chi connectivity index (χ0) is 23.1. The van der Waals surface area contributed by atoms with E-state index in [9.17, 15) is 9.59 Å². The molecule has 0 fully saturated rings. The second-order valence-corrected chi connectivity index (χ2v) is 8.60. The lowest BCUT2D eigenvalue weighted by Gasteiger charge is -2.21. The summed E-state index contributed by atoms with van der Waals surface area (Å²) in [5.41, 5.74) is 2.77. The van der Waals surface area contributed by atoms with Crippen molar-refractivity contribution in [2.75, 3.05) is 26.0 Å². The van der Waals surface area contributed by atoms with E-state index in [-0.39, 0.29) is 18.4 Å². The number of aryl methyl sites for hydroxylation is 1. The summed E-state index contributed by atoms with van der Waals surface area (Å²) in [6, 6.07) is 15.3. The molecule has 3 aromatic rings. The van der Waals surface area contributed by atoms with E-state index < -0.39 is 5.25 Å². The average molecular weight is 453 g/mol. The van der Waals surface area contributed by atoms with Gasteiger partial charge in [-0.15, -0.1) is 0 Å². The fourth-order valence-corrected chi connectivity index (χ4v) is 4.27. The van der Waals surface area contributed by atoms with Crippen molar-refractivity contribution in [2.45, 2.75) is 30.7 Å². The van der Waals surface area contributed by atoms with E-state index in [0.29, 0.717) is 5.16 Å². The molecule has 3 rings (SSSR count). The van der Waals surface area contributed by atoms with E-state index in [1.807, 2.05) is 73.1 Å². The molecule has 0 spiro atoms. The molecular weight excluding hydrogens is 424 g/mol. The molecule has 0 saturated heterocycles. The molecule has 0 radical (unpaired) electrons. The van der Waals surface area contributed by atoms with Crippen LogP contribution < -0.4 is 10.1 Å². The Labute approximate surface area is 192 Å². The first-order valence-electron chi connectivity index (χ1n) is 10.4. The standard InChI is InChI=1S/C24H28N4O3S/c1-5-18-8-6-7-9-21(18)26-22(29)16-27(3)23(30)17(2)32-24-25-14-15-28(24)19-10-12-20(31-4)13-11-19/h6-15,17H,5,16H2,1-4H3,(H,26,29). The Morgan fingerprint density at radius 1 is 1.19 bits per heavy atom. The van der Waals surface area contributed by atoms with Gasteiger partial charge in [0, 0.05) is 30.8 Å². The Kier molecular flexibility index (Phi) is 7.94. The number of carbonyl (C=O) groups excluding carboxylic acids is 2. The molecule has 7 nitrogen and oxygen atoms in total. The van der Waals surface area contributed by atoms with Gasteiger partial charge in [0.1, 0.15) is 5.75 Å². The molecule has 1 heterocycles. The van der Waals surface area contributed by atoms with E-state index in [1.165, 1.54) is 16.7 Å². The van der Waals surface area contributed by atoms with Gasteiger partial charge in [-0.1, -0.05) is 36.9 Å². The summed E-state index contributed by atoms with van der Waals surface area (Å²) in [4.78, 5) is 31.2. The molecule has 2 aromatic carbocycles. The lowest BCUT2D eigenvalue weighted by Crippen LogP contribution is -2.39. The Morgan fingerprint density at radius 2 is 1.91 bits per heavy atom. The zero-order valence-corrected chi connectivity index (χ0v) is 19.6. The molecule has 0 aliphatic carbocycles. The number of methoxy groups -OCH3 is 1. The van der Waals surface area contributed by atoms with Crippen molar-refractivity contribution in [3.8, 4) is 11.4 Å². The first kappa shape index (κ1) is 23.4. The van der Waals surface area contributed by atoms with E-state index in [1.54, 1.807) is 20.4 Å². The van der Waals surface area contributed by atoms with Crippen molar-refractivity contribution in [3.63, 3.8) is 0 Å². The molecule has 1 atom stereocenters. The highest BCUT2D eigenvalue weighted by atomic mass is 32.2. The summed E-state index contributed by atoms with van der Waals surface area (Å²) in [6.45, 7) is 3.84. The summed E-state index contributed by atoms with van der Waals surface area (Å²) >= 11 is 1.35. The summed E-state index contributed by atoms with van der Waals surface area (Å²) in [7, 11) is 3.26. The van der Waals surface area contributed by atoms with Gasteiger partial charge in [0.05, 0.1) is 18.9 Å². The minimum absolute atomic E-state index is 0.0191. The molecule has 0 aliphatic rings. The number of benzene rings is 2. The highest BCUT2D eigenvalue weighted by Crippen LogP contribution is 2.26. The fraction of sp³-hybridized carbons (Fsp3) is 0.292. The van der Waals surface area contributed by atoms with Crippen molar-refractivity contribution in [3.05, 3.63) is 66.5 Å². The number of hydrogen-bond acceptors (Lipinski definition) is 5. The summed E-state index contributed by atoms with van der Waals surface area (Å²) < 4.78 is 7.13. The van der Waals surface area contributed by atoms with Crippen LogP contribution in [0.1, 0.15) is 19.4 Å². The highest BCUT2D eigenvalue weighted by molar-refractivity contribution is 8.00. The number of rotatable bonds is 9. The van der Waals surface area contributed by atoms with Crippen LogP contribution >= 0.6 is 11.8 Å². The predicted molar refractivity (Wildman–Crippen MR) is 128 cm³/mol. The van der Waals surface area contributed by atoms with E-state index in [4.69, 9.17) is 4.74 Å². The Morgan fingerprint density at radius 3 is 2.59 bits per heavy atom. The van der Waals surface area contributed by atoms with Crippen LogP contribution in [-0.4, -0.2) is 52.2 Å². The maximum absolute atomic E-state index is 12.9. The lowest BCUT2D eigenvalue weighted by atomic mass is 10.1. The summed E-state index contributed by atoms with van der Waals surface area (Å²) in [5, 5.41) is 3.20. The van der Waals surface area contributed by atoms with Crippen LogP contribution in [0.3, 0.4) is 0 Å². The van der Waals surface area contributed by atoms with Gasteiger partial charge in [0.15, 0.2) is 5.16 Å². The molecule has 8 heteroatoms. The molecule has 32 heavy (non-hydrogen) atoms. The largest absolute Gasteiger partial charge is 0.497 e. The van der Waals surface area contributed by atoms with Crippen LogP contribution in [-0.2, 0) is 16.0 Å². The quantitative estimate of drug-likeness (QED) is 0.496. The van der Waals surface area contributed by atoms with Crippen LogP contribution in [0.2, 0.25) is 0 Å². The molecule has 0 saturated carbocycles. The van der Waals surface area contributed by atoms with Gasteiger partial charge in [-0.05, 0) is 49.2 Å². The number of para-hydroxylation sites is 1. The van der Waals surface area contributed by atoms with Gasteiger partial charge >= 0.3 is 0 Å². The second-order valence-electron chi connectivity index (χ2n) is 7.29. The highest BCUT2D eigenvalue weighted by Gasteiger charge is 2.23. The number of ether oxygens (including phenoxy) is 1. The molecule has 168 valence electrons. The number of imidazole rings is 1. The Hall–Kier alpha value is -3.26.